The molecule has 0 saturated carbocycles. The van der Waals surface area contributed by atoms with Crippen molar-refractivity contribution in [2.45, 2.75) is 52.0 Å². The van der Waals surface area contributed by atoms with Crippen molar-refractivity contribution in [1.29, 1.82) is 5.41 Å². The fraction of sp³-hybridized carbons (Fsp3) is 0.900. The topological polar surface area (TPSA) is 27.1 Å². The summed E-state index contributed by atoms with van der Waals surface area (Å²) in [6, 6.07) is 0.597. The van der Waals surface area contributed by atoms with Crippen LogP contribution in [-0.2, 0) is 0 Å². The molecule has 0 aliphatic carbocycles. The van der Waals surface area contributed by atoms with Gasteiger partial charge in [-0.15, -0.1) is 0 Å². The molecule has 0 bridgehead atoms. The fourth-order valence-electron chi connectivity index (χ4n) is 1.88. The van der Waals surface area contributed by atoms with Gasteiger partial charge in [-0.3, -0.25) is 5.41 Å². The van der Waals surface area contributed by atoms with Gasteiger partial charge in [0.2, 0.25) is 0 Å². The van der Waals surface area contributed by atoms with Gasteiger partial charge in [0.25, 0.3) is 0 Å². The maximum atomic E-state index is 7.79. The van der Waals surface area contributed by atoms with E-state index in [0.717, 1.165) is 18.8 Å². The van der Waals surface area contributed by atoms with Gasteiger partial charge in [-0.2, -0.15) is 0 Å². The average molecular weight is 168 g/mol. The Labute approximate surface area is 75.5 Å². The maximum absolute atomic E-state index is 7.79. The second-order valence-electron chi connectivity index (χ2n) is 3.69. The van der Waals surface area contributed by atoms with Gasteiger partial charge < -0.3 is 4.90 Å². The summed E-state index contributed by atoms with van der Waals surface area (Å²) in [5, 5.41) is 7.79. The number of nitrogens with zero attached hydrogens (tertiary/aromatic N) is 1. The third-order valence-corrected chi connectivity index (χ3v) is 2.73. The molecule has 0 amide bonds. The standard InChI is InChI=1S/C10H20N2/c1-3-10(11)12-8-6-4-5-7-9(12)2/h9,11H,3-8H2,1-2H3. The number of hydrogen-bond acceptors (Lipinski definition) is 1. The van der Waals surface area contributed by atoms with Crippen molar-refractivity contribution in [2.75, 3.05) is 6.54 Å². The van der Waals surface area contributed by atoms with Crippen molar-refractivity contribution in [3.63, 3.8) is 0 Å². The molecule has 1 unspecified atom stereocenters. The molecule has 0 aromatic heterocycles. The molecule has 2 nitrogen and oxygen atoms in total. The largest absolute Gasteiger partial charge is 0.358 e. The number of hydrogen-bond donors (Lipinski definition) is 1. The summed E-state index contributed by atoms with van der Waals surface area (Å²) in [5.41, 5.74) is 0. The number of nitrogens with one attached hydrogen (secondary N) is 1. The summed E-state index contributed by atoms with van der Waals surface area (Å²) in [7, 11) is 0. The van der Waals surface area contributed by atoms with Crippen LogP contribution in [0.15, 0.2) is 0 Å². The van der Waals surface area contributed by atoms with Gasteiger partial charge in [0.05, 0.1) is 5.84 Å². The van der Waals surface area contributed by atoms with Crippen LogP contribution in [0, 0.1) is 5.41 Å². The summed E-state index contributed by atoms with van der Waals surface area (Å²) in [6.45, 7) is 5.42. The zero-order valence-corrected chi connectivity index (χ0v) is 8.27. The molecule has 0 aromatic rings. The van der Waals surface area contributed by atoms with Crippen LogP contribution < -0.4 is 0 Å². The second kappa shape index (κ2) is 4.48. The highest BCUT2D eigenvalue weighted by molar-refractivity contribution is 5.79. The van der Waals surface area contributed by atoms with Crippen LogP contribution in [0.25, 0.3) is 0 Å². The quantitative estimate of drug-likeness (QED) is 0.473. The van der Waals surface area contributed by atoms with Gasteiger partial charge in [-0.05, 0) is 19.8 Å². The normalized spacial score (nSPS) is 25.2. The van der Waals surface area contributed by atoms with E-state index in [1.54, 1.807) is 0 Å². The zero-order valence-electron chi connectivity index (χ0n) is 8.27. The van der Waals surface area contributed by atoms with Crippen molar-refractivity contribution in [3.8, 4) is 0 Å². The van der Waals surface area contributed by atoms with Crippen molar-refractivity contribution < 1.29 is 0 Å². The van der Waals surface area contributed by atoms with E-state index in [-0.39, 0.29) is 0 Å². The van der Waals surface area contributed by atoms with Gasteiger partial charge >= 0.3 is 0 Å². The van der Waals surface area contributed by atoms with E-state index < -0.39 is 0 Å². The van der Waals surface area contributed by atoms with Crippen LogP contribution in [0.1, 0.15) is 46.0 Å². The Kier molecular flexibility index (Phi) is 3.57. The first-order valence-electron chi connectivity index (χ1n) is 5.09. The lowest BCUT2D eigenvalue weighted by Crippen LogP contribution is -2.37. The number of amidine groups is 1. The lowest BCUT2D eigenvalue weighted by Gasteiger charge is -2.29. The lowest BCUT2D eigenvalue weighted by atomic mass is 10.1. The Bertz CT molecular complexity index is 154. The fourth-order valence-corrected chi connectivity index (χ4v) is 1.88. The molecule has 1 fully saturated rings. The molecule has 70 valence electrons. The summed E-state index contributed by atoms with van der Waals surface area (Å²) in [5.74, 6) is 0.824. The molecule has 1 heterocycles. The van der Waals surface area contributed by atoms with E-state index in [2.05, 4.69) is 18.7 Å². The Morgan fingerprint density at radius 1 is 1.42 bits per heavy atom. The summed E-state index contributed by atoms with van der Waals surface area (Å²) >= 11 is 0. The SMILES string of the molecule is CCC(=N)N1CCCCCC1C. The highest BCUT2D eigenvalue weighted by atomic mass is 15.2. The lowest BCUT2D eigenvalue weighted by molar-refractivity contribution is 0.329. The smallest absolute Gasteiger partial charge is 0.0957 e. The Morgan fingerprint density at radius 2 is 2.17 bits per heavy atom. The monoisotopic (exact) mass is 168 g/mol. The van der Waals surface area contributed by atoms with Gasteiger partial charge in [-0.1, -0.05) is 19.8 Å². The number of rotatable bonds is 1. The Hall–Kier alpha value is -0.530. The Balaban J connectivity index is 2.52. The molecule has 0 spiro atoms. The first kappa shape index (κ1) is 9.56. The Morgan fingerprint density at radius 3 is 2.83 bits per heavy atom. The molecule has 1 atom stereocenters. The van der Waals surface area contributed by atoms with Crippen molar-refractivity contribution >= 4 is 5.84 Å². The summed E-state index contributed by atoms with van der Waals surface area (Å²) < 4.78 is 0. The third kappa shape index (κ3) is 2.23. The number of likely N-dealkylation sites (tertiary alicyclic amines) is 1. The van der Waals surface area contributed by atoms with Crippen LogP contribution in [0.3, 0.4) is 0 Å². The average Bonchev–Trinajstić information content (AvgIpc) is 2.28. The molecule has 1 rings (SSSR count). The van der Waals surface area contributed by atoms with Gasteiger partial charge in [0.1, 0.15) is 0 Å². The first-order chi connectivity index (χ1) is 5.75. The van der Waals surface area contributed by atoms with E-state index in [1.807, 2.05) is 0 Å². The van der Waals surface area contributed by atoms with E-state index in [9.17, 15) is 0 Å². The van der Waals surface area contributed by atoms with Gasteiger partial charge in [0, 0.05) is 19.0 Å². The minimum atomic E-state index is 0.597. The van der Waals surface area contributed by atoms with Crippen LogP contribution in [0.4, 0.5) is 0 Å². The van der Waals surface area contributed by atoms with E-state index >= 15 is 0 Å². The predicted octanol–water partition coefficient (Wildman–Crippen LogP) is 2.64. The highest BCUT2D eigenvalue weighted by Gasteiger charge is 2.17. The molecule has 0 radical (unpaired) electrons. The molecule has 1 N–H and O–H groups in total. The summed E-state index contributed by atoms with van der Waals surface area (Å²) in [4.78, 5) is 2.27. The molecule has 12 heavy (non-hydrogen) atoms. The predicted molar refractivity (Wildman–Crippen MR) is 52.7 cm³/mol. The third-order valence-electron chi connectivity index (χ3n) is 2.73. The van der Waals surface area contributed by atoms with Gasteiger partial charge in [-0.25, -0.2) is 0 Å². The van der Waals surface area contributed by atoms with E-state index in [1.165, 1.54) is 25.7 Å². The highest BCUT2D eigenvalue weighted by Crippen LogP contribution is 2.16. The van der Waals surface area contributed by atoms with Crippen molar-refractivity contribution in [3.05, 3.63) is 0 Å². The maximum Gasteiger partial charge on any atom is 0.0957 e. The van der Waals surface area contributed by atoms with Crippen LogP contribution in [0.2, 0.25) is 0 Å². The van der Waals surface area contributed by atoms with Crippen LogP contribution in [-0.4, -0.2) is 23.3 Å². The van der Waals surface area contributed by atoms with E-state index in [0.29, 0.717) is 6.04 Å². The molecule has 1 aliphatic rings. The molecule has 1 aliphatic heterocycles. The molecule has 1 saturated heterocycles. The zero-order chi connectivity index (χ0) is 8.97. The molecule has 0 aromatic carbocycles. The first-order valence-corrected chi connectivity index (χ1v) is 5.09. The van der Waals surface area contributed by atoms with Gasteiger partial charge in [0.15, 0.2) is 0 Å². The molecular formula is C10H20N2. The van der Waals surface area contributed by atoms with Crippen molar-refractivity contribution in [2.24, 2.45) is 0 Å². The summed E-state index contributed by atoms with van der Waals surface area (Å²) in [6.07, 6.45) is 6.10. The molecule has 2 heteroatoms. The molecular weight excluding hydrogens is 148 g/mol. The minimum absolute atomic E-state index is 0.597. The minimum Gasteiger partial charge on any atom is -0.358 e. The van der Waals surface area contributed by atoms with Crippen LogP contribution in [0.5, 0.6) is 0 Å². The second-order valence-corrected chi connectivity index (χ2v) is 3.69. The van der Waals surface area contributed by atoms with Crippen LogP contribution >= 0.6 is 0 Å². The van der Waals surface area contributed by atoms with Crippen molar-refractivity contribution in [1.82, 2.24) is 4.90 Å². The van der Waals surface area contributed by atoms with E-state index in [4.69, 9.17) is 5.41 Å².